The number of alkyl halides is 3. The monoisotopic (exact) mass is 468 g/mol. The van der Waals surface area contributed by atoms with Crippen LogP contribution in [0.25, 0.3) is 5.82 Å². The van der Waals surface area contributed by atoms with Crippen LogP contribution in [0.5, 0.6) is 11.6 Å². The molecule has 0 aliphatic carbocycles. The average molecular weight is 468 g/mol. The van der Waals surface area contributed by atoms with E-state index in [2.05, 4.69) is 25.9 Å². The van der Waals surface area contributed by atoms with Crippen molar-refractivity contribution in [1.29, 1.82) is 0 Å². The number of aryl methyl sites for hydroxylation is 2. The van der Waals surface area contributed by atoms with Crippen LogP contribution < -0.4 is 15.4 Å². The Bertz CT molecular complexity index is 1300. The molecular formula is C23H19F3N6O2. The van der Waals surface area contributed by atoms with Crippen LogP contribution in [0.15, 0.2) is 66.7 Å². The third-order valence-electron chi connectivity index (χ3n) is 4.63. The van der Waals surface area contributed by atoms with Gasteiger partial charge in [0, 0.05) is 23.1 Å². The highest BCUT2D eigenvalue weighted by Crippen LogP contribution is 2.30. The third-order valence-corrected chi connectivity index (χ3v) is 4.63. The van der Waals surface area contributed by atoms with Crippen molar-refractivity contribution in [2.75, 3.05) is 10.6 Å². The number of halogens is 3. The number of hydrogen-bond acceptors (Lipinski definition) is 5. The van der Waals surface area contributed by atoms with E-state index in [0.717, 1.165) is 23.5 Å². The van der Waals surface area contributed by atoms with Crippen LogP contribution in [0.3, 0.4) is 0 Å². The topological polar surface area (TPSA) is 94.0 Å². The molecule has 4 aromatic rings. The van der Waals surface area contributed by atoms with Crippen LogP contribution in [-0.4, -0.2) is 26.0 Å². The van der Waals surface area contributed by atoms with Crippen LogP contribution in [0.4, 0.5) is 29.3 Å². The van der Waals surface area contributed by atoms with E-state index in [9.17, 15) is 18.0 Å². The first-order chi connectivity index (χ1) is 16.2. The van der Waals surface area contributed by atoms with Gasteiger partial charge in [-0.25, -0.2) is 9.48 Å². The molecule has 2 heterocycles. The summed E-state index contributed by atoms with van der Waals surface area (Å²) in [5, 5.41) is 17.5. The predicted molar refractivity (Wildman–Crippen MR) is 119 cm³/mol. The summed E-state index contributed by atoms with van der Waals surface area (Å²) in [5.74, 6) is 1.29. The van der Waals surface area contributed by atoms with Crippen molar-refractivity contribution in [1.82, 2.24) is 20.0 Å². The molecule has 0 saturated heterocycles. The molecule has 0 aliphatic rings. The molecule has 34 heavy (non-hydrogen) atoms. The number of nitrogens with zero attached hydrogens (tertiary/aromatic N) is 4. The second-order valence-electron chi connectivity index (χ2n) is 7.35. The predicted octanol–water partition coefficient (Wildman–Crippen LogP) is 5.73. The first kappa shape index (κ1) is 22.8. The molecule has 4 rings (SSSR count). The number of carbonyl (C=O) groups is 1. The van der Waals surface area contributed by atoms with Crippen LogP contribution in [0, 0.1) is 13.8 Å². The van der Waals surface area contributed by atoms with Crippen molar-refractivity contribution in [3.63, 3.8) is 0 Å². The van der Waals surface area contributed by atoms with Gasteiger partial charge in [-0.3, -0.25) is 0 Å². The van der Waals surface area contributed by atoms with Crippen LogP contribution in [0.1, 0.15) is 17.0 Å². The number of nitrogens with one attached hydrogen (secondary N) is 2. The molecule has 0 saturated carbocycles. The maximum atomic E-state index is 12.8. The summed E-state index contributed by atoms with van der Waals surface area (Å²) in [6, 6.07) is 15.4. The zero-order valence-corrected chi connectivity index (χ0v) is 18.1. The van der Waals surface area contributed by atoms with Gasteiger partial charge in [-0.1, -0.05) is 6.07 Å². The van der Waals surface area contributed by atoms with Gasteiger partial charge in [0.15, 0.2) is 5.82 Å². The Morgan fingerprint density at radius 3 is 2.26 bits per heavy atom. The fourth-order valence-electron chi connectivity index (χ4n) is 3.13. The van der Waals surface area contributed by atoms with Gasteiger partial charge in [-0.2, -0.15) is 18.3 Å². The number of carbonyl (C=O) groups excluding carboxylic acids is 1. The highest BCUT2D eigenvalue weighted by Gasteiger charge is 2.30. The van der Waals surface area contributed by atoms with Gasteiger partial charge in [-0.05, 0) is 68.4 Å². The van der Waals surface area contributed by atoms with Gasteiger partial charge in [0.25, 0.3) is 0 Å². The zero-order chi connectivity index (χ0) is 24.3. The number of amides is 2. The normalized spacial score (nSPS) is 11.2. The molecule has 8 nitrogen and oxygen atoms in total. The van der Waals surface area contributed by atoms with E-state index in [-0.39, 0.29) is 11.6 Å². The van der Waals surface area contributed by atoms with Gasteiger partial charge in [0.2, 0.25) is 5.88 Å². The molecule has 0 fully saturated rings. The minimum Gasteiger partial charge on any atom is -0.438 e. The van der Waals surface area contributed by atoms with Crippen molar-refractivity contribution in [2.45, 2.75) is 20.0 Å². The van der Waals surface area contributed by atoms with Crippen molar-refractivity contribution in [3.05, 3.63) is 83.7 Å². The molecule has 0 unspecified atom stereocenters. The van der Waals surface area contributed by atoms with E-state index in [0.29, 0.717) is 17.3 Å². The van der Waals surface area contributed by atoms with Gasteiger partial charge in [0.1, 0.15) is 5.75 Å². The van der Waals surface area contributed by atoms with Crippen molar-refractivity contribution >= 4 is 17.4 Å². The van der Waals surface area contributed by atoms with E-state index in [1.165, 1.54) is 12.1 Å². The lowest BCUT2D eigenvalue weighted by Gasteiger charge is -2.11. The quantitative estimate of drug-likeness (QED) is 0.390. The summed E-state index contributed by atoms with van der Waals surface area (Å²) in [7, 11) is 0. The van der Waals surface area contributed by atoms with Gasteiger partial charge in [-0.15, -0.1) is 10.2 Å². The van der Waals surface area contributed by atoms with Gasteiger partial charge >= 0.3 is 12.2 Å². The molecule has 2 aromatic heterocycles. The molecule has 0 radical (unpaired) electrons. The summed E-state index contributed by atoms with van der Waals surface area (Å²) < 4.78 is 45.8. The number of rotatable bonds is 5. The van der Waals surface area contributed by atoms with Crippen molar-refractivity contribution in [3.8, 4) is 17.4 Å². The minimum absolute atomic E-state index is 0.0229. The number of hydrogen-bond donors (Lipinski definition) is 2. The van der Waals surface area contributed by atoms with Crippen LogP contribution in [0.2, 0.25) is 0 Å². The number of urea groups is 1. The smallest absolute Gasteiger partial charge is 0.416 e. The van der Waals surface area contributed by atoms with Crippen LogP contribution in [-0.2, 0) is 6.18 Å². The maximum Gasteiger partial charge on any atom is 0.416 e. The van der Waals surface area contributed by atoms with Crippen molar-refractivity contribution in [2.24, 2.45) is 0 Å². The number of anilines is 2. The molecule has 2 aromatic carbocycles. The molecular weight excluding hydrogens is 449 g/mol. The largest absolute Gasteiger partial charge is 0.438 e. The summed E-state index contributed by atoms with van der Waals surface area (Å²) in [6.45, 7) is 3.81. The second kappa shape index (κ2) is 9.22. The Balaban J connectivity index is 1.35. The Kier molecular flexibility index (Phi) is 6.17. The SMILES string of the molecule is Cc1cc(C)n(-c2ccc(Oc3ccc(NC(=O)Nc4cccc(C(F)(F)F)c4)cc3)nn2)n1. The van der Waals surface area contributed by atoms with Gasteiger partial charge in [0.05, 0.1) is 11.3 Å². The third kappa shape index (κ3) is 5.49. The molecule has 2 N–H and O–H groups in total. The average Bonchev–Trinajstić information content (AvgIpc) is 3.13. The minimum atomic E-state index is -4.49. The fourth-order valence-corrected chi connectivity index (χ4v) is 3.13. The molecule has 0 atom stereocenters. The Labute approximate surface area is 192 Å². The molecule has 2 amide bonds. The first-order valence-corrected chi connectivity index (χ1v) is 10.1. The standard InChI is InChI=1S/C23H19F3N6O2/c1-14-12-15(2)32(31-14)20-10-11-21(30-29-20)34-19-8-6-17(7-9-19)27-22(33)28-18-5-3-4-16(13-18)23(24,25)26/h3-13H,1-2H3,(H2,27,28,33). The maximum absolute atomic E-state index is 12.8. The first-order valence-electron chi connectivity index (χ1n) is 10.1. The molecule has 174 valence electrons. The summed E-state index contributed by atoms with van der Waals surface area (Å²) in [6.07, 6.45) is -4.49. The summed E-state index contributed by atoms with van der Waals surface area (Å²) in [5.41, 5.74) is 1.40. The summed E-state index contributed by atoms with van der Waals surface area (Å²) >= 11 is 0. The van der Waals surface area contributed by atoms with E-state index in [1.54, 1.807) is 41.1 Å². The number of aromatic nitrogens is 4. The highest BCUT2D eigenvalue weighted by molar-refractivity contribution is 5.99. The molecule has 0 aliphatic heterocycles. The summed E-state index contributed by atoms with van der Waals surface area (Å²) in [4.78, 5) is 12.1. The van der Waals surface area contributed by atoms with E-state index < -0.39 is 17.8 Å². The van der Waals surface area contributed by atoms with E-state index in [1.807, 2.05) is 19.9 Å². The van der Waals surface area contributed by atoms with Gasteiger partial charge < -0.3 is 15.4 Å². The van der Waals surface area contributed by atoms with Crippen molar-refractivity contribution < 1.29 is 22.7 Å². The Morgan fingerprint density at radius 2 is 1.65 bits per heavy atom. The highest BCUT2D eigenvalue weighted by atomic mass is 19.4. The Hall–Kier alpha value is -4.41. The zero-order valence-electron chi connectivity index (χ0n) is 18.1. The number of benzene rings is 2. The van der Waals surface area contributed by atoms with E-state index >= 15 is 0 Å². The van der Waals surface area contributed by atoms with Crippen LogP contribution >= 0.6 is 0 Å². The Morgan fingerprint density at radius 1 is 0.912 bits per heavy atom. The molecule has 11 heteroatoms. The lowest BCUT2D eigenvalue weighted by atomic mass is 10.2. The lowest BCUT2D eigenvalue weighted by molar-refractivity contribution is -0.137. The second-order valence-corrected chi connectivity index (χ2v) is 7.35. The molecule has 0 spiro atoms. The molecule has 0 bridgehead atoms. The fraction of sp³-hybridized carbons (Fsp3) is 0.130. The lowest BCUT2D eigenvalue weighted by Crippen LogP contribution is -2.19. The van der Waals surface area contributed by atoms with E-state index in [4.69, 9.17) is 4.74 Å². The number of ether oxygens (including phenoxy) is 1.